The lowest BCUT2D eigenvalue weighted by molar-refractivity contribution is -0.117. The van der Waals surface area contributed by atoms with E-state index in [1.807, 2.05) is 24.3 Å². The highest BCUT2D eigenvalue weighted by molar-refractivity contribution is 5.92. The van der Waals surface area contributed by atoms with E-state index in [4.69, 9.17) is 0 Å². The zero-order valence-corrected chi connectivity index (χ0v) is 15.0. The molecule has 6 nitrogen and oxygen atoms in total. The Morgan fingerprint density at radius 1 is 1.04 bits per heavy atom. The zero-order chi connectivity index (χ0) is 18.6. The minimum atomic E-state index is -0.312. The standard InChI is InChI=1S/C20H22FN5O/c21-15-5-7-16(8-6-15)22-20(27)14-26-11-9-25(10-12-26)13-19-23-17-3-1-2-4-18(17)24-19/h1-8H,9-14H2,(H,22,27)(H,23,24). The highest BCUT2D eigenvalue weighted by Gasteiger charge is 2.20. The molecule has 1 fully saturated rings. The van der Waals surface area contributed by atoms with Gasteiger partial charge in [0, 0.05) is 31.9 Å². The summed E-state index contributed by atoms with van der Waals surface area (Å²) < 4.78 is 12.9. The van der Waals surface area contributed by atoms with Gasteiger partial charge in [0.05, 0.1) is 24.1 Å². The number of H-pyrrole nitrogens is 1. The number of hydrogen-bond donors (Lipinski definition) is 2. The first-order chi connectivity index (χ1) is 13.2. The topological polar surface area (TPSA) is 64.3 Å². The molecule has 1 aromatic heterocycles. The van der Waals surface area contributed by atoms with Crippen LogP contribution < -0.4 is 5.32 Å². The molecule has 0 aliphatic carbocycles. The number of benzene rings is 2. The minimum absolute atomic E-state index is 0.0765. The second-order valence-electron chi connectivity index (χ2n) is 6.81. The largest absolute Gasteiger partial charge is 0.341 e. The predicted octanol–water partition coefficient (Wildman–Crippen LogP) is 2.46. The summed E-state index contributed by atoms with van der Waals surface area (Å²) in [4.78, 5) is 24.6. The van der Waals surface area contributed by atoms with E-state index in [1.165, 1.54) is 12.1 Å². The number of carbonyl (C=O) groups excluding carboxylic acids is 1. The van der Waals surface area contributed by atoms with Crippen LogP contribution in [0.1, 0.15) is 5.82 Å². The van der Waals surface area contributed by atoms with Crippen LogP contribution in [0.25, 0.3) is 11.0 Å². The Bertz CT molecular complexity index is 883. The molecule has 1 aliphatic heterocycles. The van der Waals surface area contributed by atoms with E-state index < -0.39 is 0 Å². The number of anilines is 1. The van der Waals surface area contributed by atoms with Crippen molar-refractivity contribution in [1.82, 2.24) is 19.8 Å². The van der Waals surface area contributed by atoms with Crippen molar-refractivity contribution >= 4 is 22.6 Å². The average Bonchev–Trinajstić information content (AvgIpc) is 3.07. The summed E-state index contributed by atoms with van der Waals surface area (Å²) in [6.07, 6.45) is 0. The highest BCUT2D eigenvalue weighted by Crippen LogP contribution is 2.13. The molecule has 1 amide bonds. The third-order valence-corrected chi connectivity index (χ3v) is 4.77. The minimum Gasteiger partial charge on any atom is -0.341 e. The molecule has 0 unspecified atom stereocenters. The lowest BCUT2D eigenvalue weighted by atomic mass is 10.3. The number of aromatic amines is 1. The van der Waals surface area contributed by atoms with Gasteiger partial charge >= 0.3 is 0 Å². The van der Waals surface area contributed by atoms with Crippen LogP contribution >= 0.6 is 0 Å². The third-order valence-electron chi connectivity index (χ3n) is 4.77. The number of aromatic nitrogens is 2. The molecule has 2 heterocycles. The molecule has 3 aromatic rings. The van der Waals surface area contributed by atoms with Gasteiger partial charge in [0.2, 0.25) is 5.91 Å². The fraction of sp³-hybridized carbons (Fsp3) is 0.300. The summed E-state index contributed by atoms with van der Waals surface area (Å²) in [5, 5.41) is 2.81. The maximum Gasteiger partial charge on any atom is 0.238 e. The van der Waals surface area contributed by atoms with Gasteiger partial charge in [0.15, 0.2) is 0 Å². The Labute approximate surface area is 157 Å². The number of hydrogen-bond acceptors (Lipinski definition) is 4. The van der Waals surface area contributed by atoms with E-state index in [9.17, 15) is 9.18 Å². The molecule has 2 aromatic carbocycles. The van der Waals surface area contributed by atoms with Crippen LogP contribution in [0, 0.1) is 5.82 Å². The SMILES string of the molecule is O=C(CN1CCN(Cc2nc3ccccc3[nH]2)CC1)Nc1ccc(F)cc1. The first-order valence-electron chi connectivity index (χ1n) is 9.09. The molecule has 1 saturated heterocycles. The number of amides is 1. The van der Waals surface area contributed by atoms with Crippen molar-refractivity contribution < 1.29 is 9.18 Å². The second-order valence-corrected chi connectivity index (χ2v) is 6.81. The normalized spacial score (nSPS) is 15.9. The van der Waals surface area contributed by atoms with Crippen LogP contribution in [-0.2, 0) is 11.3 Å². The van der Waals surface area contributed by atoms with Gasteiger partial charge in [-0.1, -0.05) is 12.1 Å². The summed E-state index contributed by atoms with van der Waals surface area (Å²) in [6, 6.07) is 13.8. The molecule has 2 N–H and O–H groups in total. The summed E-state index contributed by atoms with van der Waals surface area (Å²) in [5.41, 5.74) is 2.66. The van der Waals surface area contributed by atoms with Gasteiger partial charge in [-0.2, -0.15) is 0 Å². The quantitative estimate of drug-likeness (QED) is 0.727. The molecule has 0 atom stereocenters. The molecule has 7 heteroatoms. The van der Waals surface area contributed by atoms with Crippen molar-refractivity contribution in [3.05, 3.63) is 60.2 Å². The van der Waals surface area contributed by atoms with Crippen molar-refractivity contribution in [3.63, 3.8) is 0 Å². The number of nitrogens with zero attached hydrogens (tertiary/aromatic N) is 3. The Morgan fingerprint density at radius 3 is 2.48 bits per heavy atom. The van der Waals surface area contributed by atoms with Gasteiger partial charge < -0.3 is 10.3 Å². The molecule has 0 radical (unpaired) electrons. The average molecular weight is 367 g/mol. The van der Waals surface area contributed by atoms with E-state index in [0.29, 0.717) is 12.2 Å². The van der Waals surface area contributed by atoms with Gasteiger partial charge in [0.25, 0.3) is 0 Å². The van der Waals surface area contributed by atoms with Crippen LogP contribution in [0.3, 0.4) is 0 Å². The Morgan fingerprint density at radius 2 is 1.74 bits per heavy atom. The molecule has 140 valence electrons. The number of fused-ring (bicyclic) bond motifs is 1. The first kappa shape index (κ1) is 17.6. The summed E-state index contributed by atoms with van der Waals surface area (Å²) in [5.74, 6) is 0.583. The van der Waals surface area contributed by atoms with Crippen molar-refractivity contribution in [1.29, 1.82) is 0 Å². The van der Waals surface area contributed by atoms with Gasteiger partial charge in [0.1, 0.15) is 11.6 Å². The van der Waals surface area contributed by atoms with Gasteiger partial charge in [-0.3, -0.25) is 14.6 Å². The molecule has 4 rings (SSSR count). The van der Waals surface area contributed by atoms with Crippen LogP contribution in [0.15, 0.2) is 48.5 Å². The number of halogens is 1. The third kappa shape index (κ3) is 4.50. The number of para-hydroxylation sites is 2. The molecule has 27 heavy (non-hydrogen) atoms. The number of carbonyl (C=O) groups is 1. The fourth-order valence-corrected chi connectivity index (χ4v) is 3.33. The van der Waals surface area contributed by atoms with E-state index in [2.05, 4.69) is 25.1 Å². The molecular weight excluding hydrogens is 345 g/mol. The lowest BCUT2D eigenvalue weighted by Gasteiger charge is -2.33. The Kier molecular flexibility index (Phi) is 5.13. The van der Waals surface area contributed by atoms with Gasteiger partial charge in [-0.05, 0) is 36.4 Å². The predicted molar refractivity (Wildman–Crippen MR) is 103 cm³/mol. The van der Waals surface area contributed by atoms with E-state index in [0.717, 1.165) is 49.6 Å². The van der Waals surface area contributed by atoms with Crippen LogP contribution in [0.2, 0.25) is 0 Å². The number of imidazole rings is 1. The first-order valence-corrected chi connectivity index (χ1v) is 9.09. The lowest BCUT2D eigenvalue weighted by Crippen LogP contribution is -2.48. The second kappa shape index (κ2) is 7.85. The summed E-state index contributed by atoms with van der Waals surface area (Å²) in [6.45, 7) is 4.57. The van der Waals surface area contributed by atoms with Crippen molar-refractivity contribution in [3.8, 4) is 0 Å². The summed E-state index contributed by atoms with van der Waals surface area (Å²) in [7, 11) is 0. The molecule has 0 spiro atoms. The molecular formula is C20H22FN5O. The van der Waals surface area contributed by atoms with Crippen LogP contribution in [0.4, 0.5) is 10.1 Å². The molecule has 1 aliphatic rings. The molecule has 0 bridgehead atoms. The monoisotopic (exact) mass is 367 g/mol. The van der Waals surface area contributed by atoms with Gasteiger partial charge in [-0.15, -0.1) is 0 Å². The maximum absolute atomic E-state index is 12.9. The molecule has 0 saturated carbocycles. The van der Waals surface area contributed by atoms with Crippen molar-refractivity contribution in [2.75, 3.05) is 38.0 Å². The smallest absolute Gasteiger partial charge is 0.238 e. The van der Waals surface area contributed by atoms with Crippen LogP contribution in [-0.4, -0.2) is 58.4 Å². The zero-order valence-electron chi connectivity index (χ0n) is 15.0. The Hall–Kier alpha value is -2.77. The highest BCUT2D eigenvalue weighted by atomic mass is 19.1. The number of piperazine rings is 1. The number of rotatable bonds is 5. The van der Waals surface area contributed by atoms with Crippen molar-refractivity contribution in [2.24, 2.45) is 0 Å². The summed E-state index contributed by atoms with van der Waals surface area (Å²) >= 11 is 0. The van der Waals surface area contributed by atoms with Crippen LogP contribution in [0.5, 0.6) is 0 Å². The van der Waals surface area contributed by atoms with E-state index >= 15 is 0 Å². The van der Waals surface area contributed by atoms with E-state index in [1.54, 1.807) is 12.1 Å². The maximum atomic E-state index is 12.9. The van der Waals surface area contributed by atoms with Crippen molar-refractivity contribution in [2.45, 2.75) is 6.54 Å². The number of nitrogens with one attached hydrogen (secondary N) is 2. The Balaban J connectivity index is 1.24. The van der Waals surface area contributed by atoms with E-state index in [-0.39, 0.29) is 11.7 Å². The fourth-order valence-electron chi connectivity index (χ4n) is 3.33. The van der Waals surface area contributed by atoms with Gasteiger partial charge in [-0.25, -0.2) is 9.37 Å².